The van der Waals surface area contributed by atoms with E-state index >= 15 is 0 Å². The number of ether oxygens (including phenoxy) is 2. The molecule has 0 aliphatic rings. The average Bonchev–Trinajstić information content (AvgIpc) is 3.46. The summed E-state index contributed by atoms with van der Waals surface area (Å²) in [6.07, 6.45) is 3.27. The molecule has 3 N–H and O–H groups in total. The number of anilines is 3. The van der Waals surface area contributed by atoms with Crippen LogP contribution in [0.1, 0.15) is 39.0 Å². The first kappa shape index (κ1) is 32.8. The number of aromatic nitrogens is 4. The van der Waals surface area contributed by atoms with Crippen LogP contribution in [0.4, 0.5) is 22.1 Å². The molecule has 0 radical (unpaired) electrons. The zero-order valence-corrected chi connectivity index (χ0v) is 28.6. The Hall–Kier alpha value is -4.56. The van der Waals surface area contributed by atoms with Gasteiger partial charge in [0.25, 0.3) is 5.91 Å². The molecule has 0 fully saturated rings. The highest BCUT2D eigenvalue weighted by atomic mass is 127. The molecule has 0 aliphatic carbocycles. The average molecular weight is 737 g/mol. The molecule has 0 bridgehead atoms. The minimum absolute atomic E-state index is 0.0627. The summed E-state index contributed by atoms with van der Waals surface area (Å²) in [5.74, 6) is 1.20. The number of hydrogen-bond donors (Lipinski definition) is 3. The predicted octanol–water partition coefficient (Wildman–Crippen LogP) is 7.28. The summed E-state index contributed by atoms with van der Waals surface area (Å²) in [6.45, 7) is 8.42. The van der Waals surface area contributed by atoms with Crippen molar-refractivity contribution in [2.24, 2.45) is 0 Å². The van der Waals surface area contributed by atoms with Crippen molar-refractivity contribution in [1.29, 1.82) is 0 Å². The molecule has 12 heteroatoms. The number of amides is 3. The number of methoxy groups -OCH3 is 1. The number of alkyl halides is 1. The van der Waals surface area contributed by atoms with E-state index in [1.54, 1.807) is 47.4 Å². The number of nitrogens with one attached hydrogen (secondary N) is 3. The van der Waals surface area contributed by atoms with Crippen molar-refractivity contribution >= 4 is 62.8 Å². The molecule has 3 amide bonds. The number of aryl methyl sites for hydroxylation is 1. The second kappa shape index (κ2) is 15.6. The van der Waals surface area contributed by atoms with E-state index in [1.807, 2.05) is 65.9 Å². The number of rotatable bonds is 9. The molecular formula is C34H38IN7O4. The van der Waals surface area contributed by atoms with Crippen LogP contribution < -0.4 is 20.7 Å². The molecule has 0 atom stereocenters. The number of hydrogen-bond acceptors (Lipinski definition) is 7. The molecule has 2 aromatic carbocycles. The maximum atomic E-state index is 13.3. The van der Waals surface area contributed by atoms with Gasteiger partial charge in [0.05, 0.1) is 17.1 Å². The third-order valence-corrected chi connectivity index (χ3v) is 6.74. The molecule has 5 rings (SSSR count). The summed E-state index contributed by atoms with van der Waals surface area (Å²) in [6, 6.07) is 20.2. The Morgan fingerprint density at radius 1 is 0.978 bits per heavy atom. The van der Waals surface area contributed by atoms with E-state index in [2.05, 4.69) is 46.7 Å². The number of fused-ring (bicyclic) bond motifs is 1. The third kappa shape index (κ3) is 8.79. The summed E-state index contributed by atoms with van der Waals surface area (Å²) in [5.41, 5.74) is 4.58. The maximum Gasteiger partial charge on any atom is 0.324 e. The first-order valence-corrected chi connectivity index (χ1v) is 15.9. The smallest absolute Gasteiger partial charge is 0.324 e. The lowest BCUT2D eigenvalue weighted by molar-refractivity contribution is -0.119. The van der Waals surface area contributed by atoms with Crippen LogP contribution in [0.25, 0.3) is 16.6 Å². The minimum Gasteiger partial charge on any atom is -0.487 e. The molecule has 5 aromatic rings. The number of carbonyl (C=O) groups excluding carboxylic acids is 2. The van der Waals surface area contributed by atoms with Crippen LogP contribution in [0.5, 0.6) is 5.75 Å². The number of pyridine rings is 2. The van der Waals surface area contributed by atoms with Crippen molar-refractivity contribution in [3.63, 3.8) is 0 Å². The Bertz CT molecular complexity index is 1820. The molecule has 0 saturated carbocycles. The number of nitrogens with zero attached hydrogens (tertiary/aromatic N) is 4. The van der Waals surface area contributed by atoms with E-state index in [-0.39, 0.29) is 24.5 Å². The lowest BCUT2D eigenvalue weighted by atomic mass is 9.92. The lowest BCUT2D eigenvalue weighted by Gasteiger charge is -2.14. The third-order valence-electron chi connectivity index (χ3n) is 6.74. The largest absolute Gasteiger partial charge is 0.487 e. The molecule has 0 unspecified atom stereocenters. The van der Waals surface area contributed by atoms with Gasteiger partial charge in [0, 0.05) is 37.7 Å². The van der Waals surface area contributed by atoms with Gasteiger partial charge < -0.3 is 20.1 Å². The van der Waals surface area contributed by atoms with E-state index < -0.39 is 6.03 Å². The first-order valence-electron chi connectivity index (χ1n) is 15.1. The molecular weight excluding hydrogens is 697 g/mol. The second-order valence-corrected chi connectivity index (χ2v) is 11.3. The van der Waals surface area contributed by atoms with Crippen LogP contribution in [-0.2, 0) is 21.6 Å². The predicted molar refractivity (Wildman–Crippen MR) is 190 cm³/mol. The normalized spacial score (nSPS) is 11.2. The van der Waals surface area contributed by atoms with Gasteiger partial charge in [-0.3, -0.25) is 15.1 Å². The highest BCUT2D eigenvalue weighted by Crippen LogP contribution is 2.31. The molecule has 240 valence electrons. The fraction of sp³-hybridized carbons (Fsp3) is 0.265. The van der Waals surface area contributed by atoms with Crippen molar-refractivity contribution in [2.45, 2.75) is 39.7 Å². The van der Waals surface area contributed by atoms with Crippen molar-refractivity contribution in [1.82, 2.24) is 19.7 Å². The standard InChI is InChI=1S/C33H35N7O4.CH3I/c1-21-8-10-23(11-9-21)40-29(18-27(39-40)33(2,3)4)38-32(42)36-25-12-13-26(31-24(25)7-6-15-35-31)44-19-22-14-16-34-28(17-22)37-30(41)20-43-5;1-2/h6-18H,19-20H2,1-5H3,(H,34,37,41)(H2,36,38,42);1H3/i;1D. The monoisotopic (exact) mass is 736 g/mol. The molecule has 3 aromatic heterocycles. The fourth-order valence-corrected chi connectivity index (χ4v) is 4.47. The molecule has 46 heavy (non-hydrogen) atoms. The quantitative estimate of drug-likeness (QED) is 0.107. The Kier molecular flexibility index (Phi) is 11.2. The van der Waals surface area contributed by atoms with E-state index in [0.717, 1.165) is 22.5 Å². The van der Waals surface area contributed by atoms with Crippen LogP contribution in [0.3, 0.4) is 0 Å². The van der Waals surface area contributed by atoms with Gasteiger partial charge in [-0.1, -0.05) is 61.1 Å². The van der Waals surface area contributed by atoms with Crippen molar-refractivity contribution < 1.29 is 20.4 Å². The van der Waals surface area contributed by atoms with E-state index in [9.17, 15) is 9.59 Å². The maximum absolute atomic E-state index is 13.3. The van der Waals surface area contributed by atoms with Crippen LogP contribution in [0, 0.1) is 6.92 Å². The molecule has 3 heterocycles. The Morgan fingerprint density at radius 3 is 2.46 bits per heavy atom. The summed E-state index contributed by atoms with van der Waals surface area (Å²) >= 11 is 1.96. The second-order valence-electron chi connectivity index (χ2n) is 11.3. The van der Waals surface area contributed by atoms with Crippen molar-refractivity contribution in [3.8, 4) is 11.4 Å². The van der Waals surface area contributed by atoms with Crippen LogP contribution in [0.2, 0.25) is 0 Å². The summed E-state index contributed by atoms with van der Waals surface area (Å²) in [5, 5.41) is 14.1. The molecule has 0 aliphatic heterocycles. The Balaban J connectivity index is 0.00000160. The summed E-state index contributed by atoms with van der Waals surface area (Å²) < 4.78 is 18.9. The van der Waals surface area contributed by atoms with E-state index in [4.69, 9.17) is 15.9 Å². The SMILES string of the molecule is COCC(=O)Nc1cc(COc2ccc(NC(=O)Nc3cc(C(C)(C)C)nn3-c3ccc(C)cc3)c3cccnc23)ccn1.[2H]CI. The van der Waals surface area contributed by atoms with Gasteiger partial charge in [0.1, 0.15) is 36.1 Å². The Labute approximate surface area is 283 Å². The van der Waals surface area contributed by atoms with Gasteiger partial charge in [0.15, 0.2) is 0 Å². The Morgan fingerprint density at radius 2 is 1.74 bits per heavy atom. The first-order chi connectivity index (χ1) is 22.5. The van der Waals surface area contributed by atoms with Crippen molar-refractivity contribution in [3.05, 3.63) is 95.9 Å². The molecule has 0 saturated heterocycles. The summed E-state index contributed by atoms with van der Waals surface area (Å²) in [4.78, 5) is 34.3. The lowest BCUT2D eigenvalue weighted by Crippen LogP contribution is -2.21. The molecule has 11 nitrogen and oxygen atoms in total. The molecule has 0 spiro atoms. The van der Waals surface area contributed by atoms with Gasteiger partial charge in [-0.05, 0) is 65.9 Å². The number of urea groups is 1. The van der Waals surface area contributed by atoms with Gasteiger partial charge >= 0.3 is 6.03 Å². The van der Waals surface area contributed by atoms with Crippen LogP contribution >= 0.6 is 22.6 Å². The van der Waals surface area contributed by atoms with Crippen LogP contribution in [-0.4, -0.2) is 50.3 Å². The number of carbonyl (C=O) groups is 2. The highest BCUT2D eigenvalue weighted by molar-refractivity contribution is 14.1. The topological polar surface area (TPSA) is 132 Å². The van der Waals surface area contributed by atoms with E-state index in [0.29, 0.717) is 38.9 Å². The fourth-order valence-electron chi connectivity index (χ4n) is 4.47. The number of benzene rings is 2. The minimum atomic E-state index is -0.419. The van der Waals surface area contributed by atoms with E-state index in [1.165, 1.54) is 7.11 Å². The summed E-state index contributed by atoms with van der Waals surface area (Å²) in [7, 11) is 1.45. The zero-order chi connectivity index (χ0) is 34.0. The van der Waals surface area contributed by atoms with Gasteiger partial charge in [-0.15, -0.1) is 0 Å². The zero-order valence-electron chi connectivity index (χ0n) is 27.4. The van der Waals surface area contributed by atoms with Crippen molar-refractivity contribution in [2.75, 3.05) is 34.6 Å². The van der Waals surface area contributed by atoms with Crippen LogP contribution in [0.15, 0.2) is 79.1 Å². The number of halogens is 1. The van der Waals surface area contributed by atoms with Gasteiger partial charge in [0.2, 0.25) is 0 Å². The highest BCUT2D eigenvalue weighted by Gasteiger charge is 2.22. The van der Waals surface area contributed by atoms with Gasteiger partial charge in [-0.2, -0.15) is 5.10 Å². The van der Waals surface area contributed by atoms with Gasteiger partial charge in [-0.25, -0.2) is 14.5 Å².